The predicted octanol–water partition coefficient (Wildman–Crippen LogP) is 3.65. The monoisotopic (exact) mass is 416 g/mol. The van der Waals surface area contributed by atoms with Crippen molar-refractivity contribution in [2.75, 3.05) is 38.3 Å². The van der Waals surface area contributed by atoms with E-state index in [1.54, 1.807) is 19.4 Å². The van der Waals surface area contributed by atoms with Crippen molar-refractivity contribution in [1.82, 2.24) is 14.9 Å². The van der Waals surface area contributed by atoms with Crippen LogP contribution in [-0.2, 0) is 16.0 Å². The van der Waals surface area contributed by atoms with Crippen molar-refractivity contribution in [2.24, 2.45) is 0 Å². The molecule has 0 radical (unpaired) electrons. The van der Waals surface area contributed by atoms with Gasteiger partial charge in [0.1, 0.15) is 5.82 Å². The minimum absolute atomic E-state index is 0.427. The third-order valence-electron chi connectivity index (χ3n) is 5.82. The molecule has 0 spiro atoms. The van der Waals surface area contributed by atoms with Crippen LogP contribution in [0.1, 0.15) is 23.1 Å². The summed E-state index contributed by atoms with van der Waals surface area (Å²) in [6, 6.07) is 16.1. The van der Waals surface area contributed by atoms with Crippen LogP contribution in [0.15, 0.2) is 60.9 Å². The summed E-state index contributed by atoms with van der Waals surface area (Å²) in [4.78, 5) is 25.5. The van der Waals surface area contributed by atoms with Crippen LogP contribution >= 0.6 is 0 Å². The van der Waals surface area contributed by atoms with E-state index in [0.29, 0.717) is 12.2 Å². The average Bonchev–Trinajstić information content (AvgIpc) is 3.14. The molecule has 7 heteroatoms. The lowest BCUT2D eigenvalue weighted by molar-refractivity contribution is 0.0330. The quantitative estimate of drug-likeness (QED) is 0.647. The highest BCUT2D eigenvalue weighted by atomic mass is 16.6. The van der Waals surface area contributed by atoms with Crippen molar-refractivity contribution in [1.29, 1.82) is 0 Å². The Morgan fingerprint density at radius 3 is 2.23 bits per heavy atom. The molecule has 2 heterocycles. The molecule has 0 bridgehead atoms. The highest BCUT2D eigenvalue weighted by Crippen LogP contribution is 2.45. The van der Waals surface area contributed by atoms with Crippen LogP contribution in [-0.4, -0.2) is 54.3 Å². The lowest BCUT2D eigenvalue weighted by atomic mass is 10.1. The zero-order chi connectivity index (χ0) is 21.2. The molecular formula is C24H24N4O3. The van der Waals surface area contributed by atoms with Crippen LogP contribution in [0.2, 0.25) is 0 Å². The number of morpholine rings is 1. The molecule has 158 valence electrons. The summed E-state index contributed by atoms with van der Waals surface area (Å²) in [5, 5.41) is 0. The lowest BCUT2D eigenvalue weighted by Crippen LogP contribution is -2.36. The molecule has 1 aliphatic carbocycles. The third-order valence-corrected chi connectivity index (χ3v) is 5.82. The van der Waals surface area contributed by atoms with Gasteiger partial charge in [-0.05, 0) is 11.1 Å². The molecule has 0 unspecified atom stereocenters. The lowest BCUT2D eigenvalue weighted by Gasteiger charge is -2.25. The Bertz CT molecular complexity index is 1030. The van der Waals surface area contributed by atoms with Gasteiger partial charge in [0, 0.05) is 31.3 Å². The van der Waals surface area contributed by atoms with Gasteiger partial charge in [0.2, 0.25) is 0 Å². The molecular weight excluding hydrogens is 392 g/mol. The molecule has 5 rings (SSSR count). The summed E-state index contributed by atoms with van der Waals surface area (Å²) < 4.78 is 11.3. The van der Waals surface area contributed by atoms with E-state index in [4.69, 9.17) is 9.47 Å². The predicted molar refractivity (Wildman–Crippen MR) is 117 cm³/mol. The van der Waals surface area contributed by atoms with Gasteiger partial charge in [0.05, 0.1) is 37.8 Å². The molecule has 1 amide bonds. The van der Waals surface area contributed by atoms with Crippen LogP contribution in [0.25, 0.3) is 11.1 Å². The first-order valence-corrected chi connectivity index (χ1v) is 10.4. The Morgan fingerprint density at radius 2 is 1.61 bits per heavy atom. The number of rotatable bonds is 4. The number of ether oxygens (including phenoxy) is 2. The largest absolute Gasteiger partial charge is 0.436 e. The number of benzene rings is 2. The van der Waals surface area contributed by atoms with Crippen molar-refractivity contribution >= 4 is 11.8 Å². The fourth-order valence-electron chi connectivity index (χ4n) is 4.08. The zero-order valence-electron chi connectivity index (χ0n) is 17.4. The van der Waals surface area contributed by atoms with Gasteiger partial charge in [0.15, 0.2) is 6.10 Å². The maximum atomic E-state index is 12.9. The van der Waals surface area contributed by atoms with Gasteiger partial charge in [-0.15, -0.1) is 0 Å². The van der Waals surface area contributed by atoms with E-state index >= 15 is 0 Å². The summed E-state index contributed by atoms with van der Waals surface area (Å²) in [5.74, 6) is 0.728. The number of amides is 1. The van der Waals surface area contributed by atoms with Crippen LogP contribution in [0.5, 0.6) is 0 Å². The Kier molecular flexibility index (Phi) is 5.36. The second-order valence-corrected chi connectivity index (χ2v) is 7.74. The average molecular weight is 416 g/mol. The maximum Gasteiger partial charge on any atom is 0.415 e. The highest BCUT2D eigenvalue weighted by Gasteiger charge is 2.32. The topological polar surface area (TPSA) is 67.8 Å². The van der Waals surface area contributed by atoms with Crippen molar-refractivity contribution in [3.05, 3.63) is 77.9 Å². The molecule has 1 fully saturated rings. The number of aromatic nitrogens is 2. The van der Waals surface area contributed by atoms with Gasteiger partial charge in [-0.3, -0.25) is 9.80 Å². The molecule has 1 aromatic heterocycles. The summed E-state index contributed by atoms with van der Waals surface area (Å²) in [6.07, 6.45) is 2.46. The van der Waals surface area contributed by atoms with E-state index in [-0.39, 0.29) is 0 Å². The first-order valence-electron chi connectivity index (χ1n) is 10.4. The fraction of sp³-hybridized carbons (Fsp3) is 0.292. The van der Waals surface area contributed by atoms with Crippen molar-refractivity contribution in [3.8, 4) is 11.1 Å². The molecule has 0 N–H and O–H groups in total. The first-order chi connectivity index (χ1) is 15.2. The molecule has 2 aromatic carbocycles. The van der Waals surface area contributed by atoms with Gasteiger partial charge < -0.3 is 9.47 Å². The van der Waals surface area contributed by atoms with Gasteiger partial charge in [-0.25, -0.2) is 14.8 Å². The van der Waals surface area contributed by atoms with E-state index in [1.165, 1.54) is 4.90 Å². The van der Waals surface area contributed by atoms with Crippen molar-refractivity contribution in [2.45, 2.75) is 12.6 Å². The summed E-state index contributed by atoms with van der Waals surface area (Å²) in [7, 11) is 1.68. The fourth-order valence-corrected chi connectivity index (χ4v) is 4.08. The normalized spacial score (nSPS) is 15.9. The maximum absolute atomic E-state index is 12.9. The van der Waals surface area contributed by atoms with E-state index < -0.39 is 12.2 Å². The Hall–Kier alpha value is -3.29. The number of carbonyl (C=O) groups excluding carboxylic acids is 1. The molecule has 1 aliphatic heterocycles. The van der Waals surface area contributed by atoms with Gasteiger partial charge in [-0.2, -0.15) is 0 Å². The Labute approximate surface area is 181 Å². The van der Waals surface area contributed by atoms with Crippen LogP contribution in [0.4, 0.5) is 10.5 Å². The minimum Gasteiger partial charge on any atom is -0.436 e. The van der Waals surface area contributed by atoms with Crippen LogP contribution in [0.3, 0.4) is 0 Å². The Balaban J connectivity index is 1.29. The second kappa shape index (κ2) is 8.45. The van der Waals surface area contributed by atoms with Crippen LogP contribution < -0.4 is 4.90 Å². The number of hydrogen-bond donors (Lipinski definition) is 0. The zero-order valence-corrected chi connectivity index (χ0v) is 17.4. The molecule has 31 heavy (non-hydrogen) atoms. The molecule has 0 saturated carbocycles. The Morgan fingerprint density at radius 1 is 1.03 bits per heavy atom. The van der Waals surface area contributed by atoms with E-state index in [1.807, 2.05) is 36.4 Å². The first kappa shape index (κ1) is 19.7. The number of anilines is 1. The van der Waals surface area contributed by atoms with Crippen molar-refractivity contribution in [3.63, 3.8) is 0 Å². The van der Waals surface area contributed by atoms with Gasteiger partial charge >= 0.3 is 6.09 Å². The number of carbonyl (C=O) groups is 1. The SMILES string of the molecule is CN(C(=O)OC1c2ccccc2-c2ccccc21)c1cnc(CN2CCOCC2)nc1. The molecule has 3 aromatic rings. The molecule has 7 nitrogen and oxygen atoms in total. The third kappa shape index (κ3) is 3.89. The summed E-state index contributed by atoms with van der Waals surface area (Å²) in [6.45, 7) is 3.90. The second-order valence-electron chi connectivity index (χ2n) is 7.74. The van der Waals surface area contributed by atoms with Gasteiger partial charge in [-0.1, -0.05) is 48.5 Å². The number of fused-ring (bicyclic) bond motifs is 3. The van der Waals surface area contributed by atoms with E-state index in [0.717, 1.165) is 54.4 Å². The molecule has 2 aliphatic rings. The number of nitrogens with zero attached hydrogens (tertiary/aromatic N) is 4. The number of hydrogen-bond acceptors (Lipinski definition) is 6. The minimum atomic E-state index is -0.443. The highest BCUT2D eigenvalue weighted by molar-refractivity contribution is 5.88. The summed E-state index contributed by atoms with van der Waals surface area (Å²) >= 11 is 0. The summed E-state index contributed by atoms with van der Waals surface area (Å²) in [5.41, 5.74) is 4.81. The van der Waals surface area contributed by atoms with Gasteiger partial charge in [0.25, 0.3) is 0 Å². The molecule has 0 atom stereocenters. The van der Waals surface area contributed by atoms with E-state index in [2.05, 4.69) is 27.0 Å². The smallest absolute Gasteiger partial charge is 0.415 e. The van der Waals surface area contributed by atoms with E-state index in [9.17, 15) is 4.79 Å². The molecule has 1 saturated heterocycles. The van der Waals surface area contributed by atoms with Crippen molar-refractivity contribution < 1.29 is 14.3 Å². The standard InChI is InChI=1S/C24H24N4O3/c1-27(17-14-25-22(26-15-17)16-28-10-12-30-13-11-28)24(29)31-23-20-8-4-2-6-18(20)19-7-3-5-9-21(19)23/h2-9,14-15,23H,10-13,16H2,1H3. The van der Waals surface area contributed by atoms with Crippen LogP contribution in [0, 0.1) is 0 Å².